The van der Waals surface area contributed by atoms with Crippen molar-refractivity contribution >= 4 is 0 Å². The van der Waals surface area contributed by atoms with Crippen LogP contribution in [0.1, 0.15) is 24.7 Å². The molecule has 1 rings (SSSR count). The molecular weight excluding hydrogens is 216 g/mol. The number of nitrogens with two attached hydrogens (primary N) is 1. The van der Waals surface area contributed by atoms with E-state index in [1.807, 2.05) is 13.0 Å². The van der Waals surface area contributed by atoms with Gasteiger partial charge in [0.1, 0.15) is 5.76 Å². The predicted octanol–water partition coefficient (Wildman–Crippen LogP) is 1.77. The minimum atomic E-state index is -0.0987. The number of nitrogens with zero attached hydrogens (tertiary/aromatic N) is 1. The molecule has 0 aromatic carbocycles. The van der Waals surface area contributed by atoms with Crippen LogP contribution in [0.3, 0.4) is 0 Å². The SMILES string of the molecule is CCC(CN)(COC)N(C)Cc1ccoc1C. The smallest absolute Gasteiger partial charge is 0.105 e. The summed E-state index contributed by atoms with van der Waals surface area (Å²) in [6, 6.07) is 2.01. The molecule has 0 aliphatic heterocycles. The number of methoxy groups -OCH3 is 1. The van der Waals surface area contributed by atoms with Crippen LogP contribution in [0.2, 0.25) is 0 Å². The molecule has 1 heterocycles. The second-order valence-corrected chi connectivity index (χ2v) is 4.57. The van der Waals surface area contributed by atoms with E-state index in [1.54, 1.807) is 13.4 Å². The number of aryl methyl sites for hydroxylation is 1. The molecule has 0 radical (unpaired) electrons. The topological polar surface area (TPSA) is 51.6 Å². The van der Waals surface area contributed by atoms with Crippen molar-refractivity contribution in [3.05, 3.63) is 23.7 Å². The number of hydrogen-bond acceptors (Lipinski definition) is 4. The Morgan fingerprint density at radius 1 is 1.53 bits per heavy atom. The molecular formula is C13H24N2O2. The summed E-state index contributed by atoms with van der Waals surface area (Å²) in [7, 11) is 3.80. The van der Waals surface area contributed by atoms with Gasteiger partial charge in [-0.15, -0.1) is 0 Å². The van der Waals surface area contributed by atoms with Crippen molar-refractivity contribution in [1.82, 2.24) is 4.90 Å². The fraction of sp³-hybridized carbons (Fsp3) is 0.692. The Bertz CT molecular complexity index is 332. The lowest BCUT2D eigenvalue weighted by Gasteiger charge is -2.40. The van der Waals surface area contributed by atoms with E-state index in [0.29, 0.717) is 13.2 Å². The van der Waals surface area contributed by atoms with Crippen LogP contribution in [0, 0.1) is 6.92 Å². The van der Waals surface area contributed by atoms with Gasteiger partial charge in [0.2, 0.25) is 0 Å². The average Bonchev–Trinajstić information content (AvgIpc) is 2.72. The summed E-state index contributed by atoms with van der Waals surface area (Å²) in [5.41, 5.74) is 7.03. The first-order chi connectivity index (χ1) is 8.09. The van der Waals surface area contributed by atoms with Crippen molar-refractivity contribution in [1.29, 1.82) is 0 Å². The predicted molar refractivity (Wildman–Crippen MR) is 68.9 cm³/mol. The third kappa shape index (κ3) is 3.09. The molecule has 1 aromatic heterocycles. The van der Waals surface area contributed by atoms with Crippen molar-refractivity contribution in [3.63, 3.8) is 0 Å². The second kappa shape index (κ2) is 6.19. The number of furan rings is 1. The Labute approximate surface area is 104 Å². The van der Waals surface area contributed by atoms with Crippen LogP contribution < -0.4 is 5.73 Å². The highest BCUT2D eigenvalue weighted by molar-refractivity contribution is 5.15. The molecule has 0 bridgehead atoms. The van der Waals surface area contributed by atoms with Gasteiger partial charge in [-0.05, 0) is 26.5 Å². The highest BCUT2D eigenvalue weighted by atomic mass is 16.5. The zero-order valence-corrected chi connectivity index (χ0v) is 11.3. The van der Waals surface area contributed by atoms with E-state index in [9.17, 15) is 0 Å². The normalized spacial score (nSPS) is 15.2. The van der Waals surface area contributed by atoms with Gasteiger partial charge in [-0.1, -0.05) is 6.92 Å². The average molecular weight is 240 g/mol. The maximum absolute atomic E-state index is 5.93. The van der Waals surface area contributed by atoms with Gasteiger partial charge in [0.25, 0.3) is 0 Å². The summed E-state index contributed by atoms with van der Waals surface area (Å²) >= 11 is 0. The monoisotopic (exact) mass is 240 g/mol. The second-order valence-electron chi connectivity index (χ2n) is 4.57. The first-order valence-electron chi connectivity index (χ1n) is 6.03. The van der Waals surface area contributed by atoms with E-state index < -0.39 is 0 Å². The van der Waals surface area contributed by atoms with Crippen molar-refractivity contribution in [3.8, 4) is 0 Å². The standard InChI is InChI=1S/C13H24N2O2/c1-5-13(9-14,10-16-4)15(3)8-12-6-7-17-11(12)2/h6-7H,5,8-10,14H2,1-4H3. The van der Waals surface area contributed by atoms with Crippen LogP contribution >= 0.6 is 0 Å². The molecule has 1 aromatic rings. The lowest BCUT2D eigenvalue weighted by molar-refractivity contribution is 0.0232. The van der Waals surface area contributed by atoms with Gasteiger partial charge in [0.15, 0.2) is 0 Å². The summed E-state index contributed by atoms with van der Waals surface area (Å²) in [6.07, 6.45) is 2.69. The third-order valence-corrected chi connectivity index (χ3v) is 3.63. The number of ether oxygens (including phenoxy) is 1. The number of rotatable bonds is 7. The summed E-state index contributed by atoms with van der Waals surface area (Å²) in [5, 5.41) is 0. The summed E-state index contributed by atoms with van der Waals surface area (Å²) in [4.78, 5) is 2.26. The molecule has 1 atom stereocenters. The quantitative estimate of drug-likeness (QED) is 0.789. The van der Waals surface area contributed by atoms with E-state index in [1.165, 1.54) is 5.56 Å². The van der Waals surface area contributed by atoms with E-state index in [4.69, 9.17) is 14.9 Å². The Morgan fingerprint density at radius 3 is 2.65 bits per heavy atom. The summed E-state index contributed by atoms with van der Waals surface area (Å²) in [5.74, 6) is 0.969. The molecule has 2 N–H and O–H groups in total. The summed E-state index contributed by atoms with van der Waals surface area (Å²) in [6.45, 7) is 6.19. The first-order valence-corrected chi connectivity index (χ1v) is 6.03. The Balaban J connectivity index is 2.78. The Hall–Kier alpha value is -0.840. The fourth-order valence-corrected chi connectivity index (χ4v) is 2.11. The van der Waals surface area contributed by atoms with Gasteiger partial charge in [-0.2, -0.15) is 0 Å². The molecule has 4 nitrogen and oxygen atoms in total. The molecule has 0 saturated heterocycles. The lowest BCUT2D eigenvalue weighted by Crippen LogP contribution is -2.54. The summed E-state index contributed by atoms with van der Waals surface area (Å²) < 4.78 is 10.6. The molecule has 0 saturated carbocycles. The van der Waals surface area contributed by atoms with Crippen LogP contribution in [0.15, 0.2) is 16.7 Å². The molecule has 0 spiro atoms. The molecule has 0 fully saturated rings. The van der Waals surface area contributed by atoms with Crippen molar-refractivity contribution in [2.45, 2.75) is 32.4 Å². The van der Waals surface area contributed by atoms with Crippen LogP contribution in [0.5, 0.6) is 0 Å². The van der Waals surface area contributed by atoms with E-state index in [0.717, 1.165) is 18.7 Å². The maximum Gasteiger partial charge on any atom is 0.105 e. The molecule has 0 aliphatic carbocycles. The molecule has 4 heteroatoms. The number of hydrogen-bond donors (Lipinski definition) is 1. The Morgan fingerprint density at radius 2 is 2.24 bits per heavy atom. The van der Waals surface area contributed by atoms with E-state index in [2.05, 4.69) is 18.9 Å². The van der Waals surface area contributed by atoms with Gasteiger partial charge in [-0.25, -0.2) is 0 Å². The van der Waals surface area contributed by atoms with E-state index >= 15 is 0 Å². The van der Waals surface area contributed by atoms with Crippen LogP contribution in [-0.4, -0.2) is 37.7 Å². The van der Waals surface area contributed by atoms with Crippen molar-refractivity contribution < 1.29 is 9.15 Å². The fourth-order valence-electron chi connectivity index (χ4n) is 2.11. The highest BCUT2D eigenvalue weighted by Crippen LogP contribution is 2.21. The molecule has 0 amide bonds. The largest absolute Gasteiger partial charge is 0.469 e. The lowest BCUT2D eigenvalue weighted by atomic mass is 9.94. The molecule has 98 valence electrons. The van der Waals surface area contributed by atoms with Gasteiger partial charge in [-0.3, -0.25) is 4.90 Å². The highest BCUT2D eigenvalue weighted by Gasteiger charge is 2.31. The van der Waals surface area contributed by atoms with Gasteiger partial charge >= 0.3 is 0 Å². The number of likely N-dealkylation sites (N-methyl/N-ethyl adjacent to an activating group) is 1. The van der Waals surface area contributed by atoms with Gasteiger partial charge in [0.05, 0.1) is 18.4 Å². The maximum atomic E-state index is 5.93. The minimum Gasteiger partial charge on any atom is -0.469 e. The van der Waals surface area contributed by atoms with Crippen LogP contribution in [0.25, 0.3) is 0 Å². The third-order valence-electron chi connectivity index (χ3n) is 3.63. The Kier molecular flexibility index (Phi) is 5.18. The van der Waals surface area contributed by atoms with Crippen LogP contribution in [0.4, 0.5) is 0 Å². The zero-order valence-electron chi connectivity index (χ0n) is 11.3. The molecule has 0 aliphatic rings. The first kappa shape index (κ1) is 14.2. The van der Waals surface area contributed by atoms with E-state index in [-0.39, 0.29) is 5.54 Å². The van der Waals surface area contributed by atoms with Gasteiger partial charge < -0.3 is 14.9 Å². The van der Waals surface area contributed by atoms with Crippen molar-refractivity contribution in [2.24, 2.45) is 5.73 Å². The van der Waals surface area contributed by atoms with Crippen molar-refractivity contribution in [2.75, 3.05) is 27.3 Å². The molecule has 17 heavy (non-hydrogen) atoms. The zero-order chi connectivity index (χ0) is 12.9. The molecule has 1 unspecified atom stereocenters. The van der Waals surface area contributed by atoms with Gasteiger partial charge in [0, 0.05) is 25.8 Å². The van der Waals surface area contributed by atoms with Crippen LogP contribution in [-0.2, 0) is 11.3 Å². The minimum absolute atomic E-state index is 0.0987.